The van der Waals surface area contributed by atoms with Gasteiger partial charge in [0.1, 0.15) is 11.6 Å². The van der Waals surface area contributed by atoms with Crippen LogP contribution in [0.3, 0.4) is 0 Å². The van der Waals surface area contributed by atoms with E-state index in [1.54, 1.807) is 18.6 Å². The Morgan fingerprint density at radius 2 is 2.03 bits per heavy atom. The second-order valence-corrected chi connectivity index (χ2v) is 7.59. The number of aromatic nitrogens is 5. The predicted octanol–water partition coefficient (Wildman–Crippen LogP) is 2.07. The van der Waals surface area contributed by atoms with Crippen LogP contribution in [0, 0.1) is 5.82 Å². The van der Waals surface area contributed by atoms with Gasteiger partial charge in [-0.25, -0.2) is 19.3 Å². The molecule has 5 rings (SSSR count). The number of ether oxygens (including phenoxy) is 1. The van der Waals surface area contributed by atoms with E-state index in [0.29, 0.717) is 25.5 Å². The topological polar surface area (TPSA) is 72.2 Å². The second-order valence-electron chi connectivity index (χ2n) is 7.59. The molecule has 9 heteroatoms. The van der Waals surface area contributed by atoms with Crippen molar-refractivity contribution in [3.8, 4) is 0 Å². The Labute approximate surface area is 168 Å². The fourth-order valence-corrected chi connectivity index (χ4v) is 4.19. The number of rotatable bonds is 4. The van der Waals surface area contributed by atoms with Crippen LogP contribution in [0.15, 0.2) is 24.7 Å². The Bertz CT molecular complexity index is 1020. The molecule has 2 fully saturated rings. The summed E-state index contributed by atoms with van der Waals surface area (Å²) in [6.07, 6.45) is 5.39. The molecule has 1 atom stereocenters. The molecule has 0 aliphatic carbocycles. The van der Waals surface area contributed by atoms with E-state index in [2.05, 4.69) is 19.8 Å². The first-order valence-corrected chi connectivity index (χ1v) is 10.1. The molecule has 5 heterocycles. The molecule has 152 valence electrons. The molecule has 29 heavy (non-hydrogen) atoms. The van der Waals surface area contributed by atoms with Gasteiger partial charge in [0.2, 0.25) is 0 Å². The molecule has 8 nitrogen and oxygen atoms in total. The average molecular weight is 397 g/mol. The van der Waals surface area contributed by atoms with Crippen molar-refractivity contribution < 1.29 is 9.13 Å². The maximum atomic E-state index is 14.1. The number of morpholine rings is 1. The lowest BCUT2D eigenvalue weighted by atomic mass is 10.2. The minimum Gasteiger partial charge on any atom is -0.378 e. The molecular formula is C20H24FN7O. The molecule has 0 spiro atoms. The Morgan fingerprint density at radius 1 is 1.17 bits per heavy atom. The summed E-state index contributed by atoms with van der Waals surface area (Å²) in [6, 6.07) is 3.12. The highest BCUT2D eigenvalue weighted by atomic mass is 19.1. The smallest absolute Gasteiger partial charge is 0.165 e. The normalized spacial score (nSPS) is 20.6. The van der Waals surface area contributed by atoms with Crippen molar-refractivity contribution in [3.05, 3.63) is 42.0 Å². The fourth-order valence-electron chi connectivity index (χ4n) is 4.19. The van der Waals surface area contributed by atoms with Gasteiger partial charge < -0.3 is 14.2 Å². The quantitative estimate of drug-likeness (QED) is 0.667. The monoisotopic (exact) mass is 397 g/mol. The van der Waals surface area contributed by atoms with Crippen molar-refractivity contribution in [2.45, 2.75) is 25.4 Å². The first kappa shape index (κ1) is 18.4. The van der Waals surface area contributed by atoms with Crippen molar-refractivity contribution in [1.82, 2.24) is 29.4 Å². The summed E-state index contributed by atoms with van der Waals surface area (Å²) < 4.78 is 21.6. The Morgan fingerprint density at radius 3 is 2.86 bits per heavy atom. The third kappa shape index (κ3) is 3.44. The van der Waals surface area contributed by atoms with Gasteiger partial charge in [-0.15, -0.1) is 0 Å². The molecule has 0 radical (unpaired) electrons. The standard InChI is InChI=1S/C20H24FN7O/c1-26-13-23-17-19(26)24-18(25-20(17)27-8-10-29-11-9-27)16-5-3-7-28(16)12-15-14(21)4-2-6-22-15/h2,4,6,13,16H,3,5,7-12H2,1H3. The second kappa shape index (κ2) is 7.64. The lowest BCUT2D eigenvalue weighted by molar-refractivity contribution is 0.122. The molecule has 2 aliphatic rings. The van der Waals surface area contributed by atoms with E-state index in [1.165, 1.54) is 6.07 Å². The van der Waals surface area contributed by atoms with Gasteiger partial charge in [-0.05, 0) is 31.5 Å². The molecule has 3 aromatic rings. The number of nitrogens with zero attached hydrogens (tertiary/aromatic N) is 7. The number of hydrogen-bond acceptors (Lipinski definition) is 7. The van der Waals surface area contributed by atoms with Crippen LogP contribution >= 0.6 is 0 Å². The number of hydrogen-bond donors (Lipinski definition) is 0. The Kier molecular flexibility index (Phi) is 4.84. The molecule has 0 saturated carbocycles. The van der Waals surface area contributed by atoms with E-state index in [9.17, 15) is 4.39 Å². The van der Waals surface area contributed by atoms with Gasteiger partial charge in [-0.1, -0.05) is 0 Å². The van der Waals surface area contributed by atoms with E-state index in [0.717, 1.165) is 55.3 Å². The summed E-state index contributed by atoms with van der Waals surface area (Å²) in [5.41, 5.74) is 2.11. The highest BCUT2D eigenvalue weighted by Gasteiger charge is 2.31. The molecule has 0 bridgehead atoms. The number of likely N-dealkylation sites (tertiary alicyclic amines) is 1. The van der Waals surface area contributed by atoms with Crippen LogP contribution in [0.2, 0.25) is 0 Å². The molecule has 0 aromatic carbocycles. The van der Waals surface area contributed by atoms with Gasteiger partial charge in [0.15, 0.2) is 17.0 Å². The third-order valence-corrected chi connectivity index (χ3v) is 5.72. The number of halogens is 1. The van der Waals surface area contributed by atoms with Crippen molar-refractivity contribution >= 4 is 17.0 Å². The SMILES string of the molecule is Cn1cnc2c(N3CCOCC3)nc(C3CCCN3Cc3ncccc3F)nc21. The molecular weight excluding hydrogens is 373 g/mol. The predicted molar refractivity (Wildman–Crippen MR) is 106 cm³/mol. The van der Waals surface area contributed by atoms with E-state index < -0.39 is 0 Å². The highest BCUT2D eigenvalue weighted by molar-refractivity contribution is 5.83. The van der Waals surface area contributed by atoms with Gasteiger partial charge in [0.25, 0.3) is 0 Å². The molecule has 3 aromatic heterocycles. The minimum absolute atomic E-state index is 0.0375. The molecule has 2 aliphatic heterocycles. The summed E-state index contributed by atoms with van der Waals surface area (Å²) in [5, 5.41) is 0. The summed E-state index contributed by atoms with van der Waals surface area (Å²) in [4.78, 5) is 23.0. The van der Waals surface area contributed by atoms with Gasteiger partial charge in [-0.2, -0.15) is 0 Å². The van der Waals surface area contributed by atoms with Crippen molar-refractivity contribution in [2.24, 2.45) is 7.05 Å². The first-order chi connectivity index (χ1) is 14.2. The maximum absolute atomic E-state index is 14.1. The summed E-state index contributed by atoms with van der Waals surface area (Å²) in [6.45, 7) is 4.27. The molecule has 1 unspecified atom stereocenters. The van der Waals surface area contributed by atoms with Crippen molar-refractivity contribution in [3.63, 3.8) is 0 Å². The molecule has 0 amide bonds. The van der Waals surface area contributed by atoms with Crippen LogP contribution in [0.5, 0.6) is 0 Å². The van der Waals surface area contributed by atoms with E-state index >= 15 is 0 Å². The summed E-state index contributed by atoms with van der Waals surface area (Å²) in [5.74, 6) is 1.37. The fraction of sp³-hybridized carbons (Fsp3) is 0.500. The van der Waals surface area contributed by atoms with Crippen LogP contribution in [0.25, 0.3) is 11.2 Å². The number of imidazole rings is 1. The van der Waals surface area contributed by atoms with Crippen molar-refractivity contribution in [2.75, 3.05) is 37.7 Å². The summed E-state index contributed by atoms with van der Waals surface area (Å²) in [7, 11) is 1.95. The lowest BCUT2D eigenvalue weighted by Crippen LogP contribution is -2.37. The lowest BCUT2D eigenvalue weighted by Gasteiger charge is -2.29. The Balaban J connectivity index is 1.51. The van der Waals surface area contributed by atoms with Crippen LogP contribution in [0.4, 0.5) is 10.2 Å². The zero-order chi connectivity index (χ0) is 19.8. The van der Waals surface area contributed by atoms with E-state index in [-0.39, 0.29) is 11.9 Å². The minimum atomic E-state index is -0.268. The van der Waals surface area contributed by atoms with E-state index in [4.69, 9.17) is 14.7 Å². The number of fused-ring (bicyclic) bond motifs is 1. The zero-order valence-corrected chi connectivity index (χ0v) is 16.5. The van der Waals surface area contributed by atoms with Gasteiger partial charge >= 0.3 is 0 Å². The average Bonchev–Trinajstić information content (AvgIpc) is 3.36. The third-order valence-electron chi connectivity index (χ3n) is 5.72. The molecule has 0 N–H and O–H groups in total. The van der Waals surface area contributed by atoms with Gasteiger partial charge in [0, 0.05) is 32.9 Å². The van der Waals surface area contributed by atoms with Crippen LogP contribution < -0.4 is 4.90 Å². The highest BCUT2D eigenvalue weighted by Crippen LogP contribution is 2.34. The first-order valence-electron chi connectivity index (χ1n) is 10.1. The number of anilines is 1. The van der Waals surface area contributed by atoms with Gasteiger partial charge in [0.05, 0.1) is 31.3 Å². The summed E-state index contributed by atoms with van der Waals surface area (Å²) >= 11 is 0. The molecule has 2 saturated heterocycles. The van der Waals surface area contributed by atoms with Crippen LogP contribution in [-0.4, -0.2) is 62.3 Å². The maximum Gasteiger partial charge on any atom is 0.165 e. The number of aryl methyl sites for hydroxylation is 1. The van der Waals surface area contributed by atoms with Gasteiger partial charge in [-0.3, -0.25) is 9.88 Å². The zero-order valence-electron chi connectivity index (χ0n) is 16.5. The van der Waals surface area contributed by atoms with Crippen LogP contribution in [-0.2, 0) is 18.3 Å². The van der Waals surface area contributed by atoms with E-state index in [1.807, 2.05) is 11.6 Å². The largest absolute Gasteiger partial charge is 0.378 e. The Hall–Kier alpha value is -2.65. The van der Waals surface area contributed by atoms with Crippen molar-refractivity contribution in [1.29, 1.82) is 0 Å². The van der Waals surface area contributed by atoms with Crippen LogP contribution in [0.1, 0.15) is 30.4 Å². The number of pyridine rings is 1.